The lowest BCUT2D eigenvalue weighted by Crippen LogP contribution is -1.95. The van der Waals surface area contributed by atoms with Gasteiger partial charge in [-0.25, -0.2) is 18.2 Å². The fraction of sp³-hybridized carbons (Fsp3) is 0.167. The molecular formula is C6H3BrF3NO. The lowest BCUT2D eigenvalue weighted by Gasteiger charge is -2.02. The molecule has 0 spiro atoms. The highest BCUT2D eigenvalue weighted by Gasteiger charge is 2.19. The minimum absolute atomic E-state index is 0.396. The summed E-state index contributed by atoms with van der Waals surface area (Å²) in [4.78, 5) is 3.03. The second-order valence-electron chi connectivity index (χ2n) is 1.96. The fourth-order valence-electron chi connectivity index (χ4n) is 0.621. The van der Waals surface area contributed by atoms with Gasteiger partial charge in [-0.15, -0.1) is 0 Å². The lowest BCUT2D eigenvalue weighted by molar-refractivity contribution is 0.140. The average Bonchev–Trinajstić information content (AvgIpc) is 2.00. The molecule has 2 nitrogen and oxygen atoms in total. The number of hydrogen-bond donors (Lipinski definition) is 1. The zero-order chi connectivity index (χ0) is 9.30. The number of alkyl halides is 2. The summed E-state index contributed by atoms with van der Waals surface area (Å²) in [5, 5.41) is 8.81. The standard InChI is InChI=1S/C6H3BrF3NO/c7-3-2(12)1-11-5(4(3)8)6(9)10/h1,6,12H. The SMILES string of the molecule is Oc1cnc(C(F)F)c(F)c1Br. The van der Waals surface area contributed by atoms with Gasteiger partial charge in [0.15, 0.2) is 11.6 Å². The third-order valence-electron chi connectivity index (χ3n) is 1.18. The largest absolute Gasteiger partial charge is 0.505 e. The zero-order valence-corrected chi connectivity index (χ0v) is 7.15. The maximum absolute atomic E-state index is 12.8. The second-order valence-corrected chi connectivity index (χ2v) is 2.75. The van der Waals surface area contributed by atoms with Crippen LogP contribution in [0.3, 0.4) is 0 Å². The molecule has 0 fully saturated rings. The highest BCUT2D eigenvalue weighted by molar-refractivity contribution is 9.10. The summed E-state index contributed by atoms with van der Waals surface area (Å²) in [5.41, 5.74) is -0.973. The van der Waals surface area contributed by atoms with E-state index in [1.54, 1.807) is 0 Å². The minimum atomic E-state index is -2.98. The van der Waals surface area contributed by atoms with Crippen molar-refractivity contribution in [3.8, 4) is 5.75 Å². The summed E-state index contributed by atoms with van der Waals surface area (Å²) in [6.07, 6.45) is -2.23. The van der Waals surface area contributed by atoms with Crippen molar-refractivity contribution in [3.63, 3.8) is 0 Å². The molecule has 1 aromatic rings. The zero-order valence-electron chi connectivity index (χ0n) is 5.56. The maximum Gasteiger partial charge on any atom is 0.283 e. The highest BCUT2D eigenvalue weighted by Crippen LogP contribution is 2.30. The van der Waals surface area contributed by atoms with Gasteiger partial charge < -0.3 is 5.11 Å². The van der Waals surface area contributed by atoms with Crippen LogP contribution < -0.4 is 0 Å². The van der Waals surface area contributed by atoms with E-state index >= 15 is 0 Å². The van der Waals surface area contributed by atoms with Gasteiger partial charge >= 0.3 is 0 Å². The molecule has 0 aliphatic rings. The van der Waals surface area contributed by atoms with E-state index in [-0.39, 0.29) is 0 Å². The van der Waals surface area contributed by atoms with E-state index in [0.29, 0.717) is 0 Å². The Morgan fingerprint density at radius 1 is 1.50 bits per heavy atom. The van der Waals surface area contributed by atoms with Crippen molar-refractivity contribution in [2.75, 3.05) is 0 Å². The average molecular weight is 242 g/mol. The Morgan fingerprint density at radius 2 is 2.08 bits per heavy atom. The van der Waals surface area contributed by atoms with Gasteiger partial charge in [0.25, 0.3) is 6.43 Å². The summed E-state index contributed by atoms with van der Waals surface area (Å²) in [6, 6.07) is 0. The smallest absolute Gasteiger partial charge is 0.283 e. The molecule has 0 bridgehead atoms. The van der Waals surface area contributed by atoms with Crippen LogP contribution in [-0.4, -0.2) is 10.1 Å². The van der Waals surface area contributed by atoms with Crippen LogP contribution in [0.4, 0.5) is 13.2 Å². The Hall–Kier alpha value is -0.780. The molecule has 0 aliphatic heterocycles. The molecule has 0 atom stereocenters. The molecule has 1 heterocycles. The van der Waals surface area contributed by atoms with E-state index in [1.807, 2.05) is 0 Å². The summed E-state index contributed by atoms with van der Waals surface area (Å²) >= 11 is 2.60. The van der Waals surface area contributed by atoms with Crippen LogP contribution in [0, 0.1) is 5.82 Å². The van der Waals surface area contributed by atoms with E-state index in [1.165, 1.54) is 0 Å². The predicted molar refractivity (Wildman–Crippen MR) is 38.5 cm³/mol. The van der Waals surface area contributed by atoms with E-state index in [4.69, 9.17) is 5.11 Å². The van der Waals surface area contributed by atoms with Crippen molar-refractivity contribution in [3.05, 3.63) is 22.2 Å². The van der Waals surface area contributed by atoms with Crippen LogP contribution in [0.25, 0.3) is 0 Å². The lowest BCUT2D eigenvalue weighted by atomic mass is 10.3. The third-order valence-corrected chi connectivity index (χ3v) is 1.93. The molecule has 12 heavy (non-hydrogen) atoms. The fourth-order valence-corrected chi connectivity index (χ4v) is 0.927. The molecule has 1 N–H and O–H groups in total. The first-order valence-corrected chi connectivity index (χ1v) is 3.64. The predicted octanol–water partition coefficient (Wildman–Crippen LogP) is 2.63. The summed E-state index contributed by atoms with van der Waals surface area (Å²) < 4.78 is 36.2. The molecule has 0 radical (unpaired) electrons. The Kier molecular flexibility index (Phi) is 2.56. The van der Waals surface area contributed by atoms with Crippen LogP contribution in [-0.2, 0) is 0 Å². The number of nitrogens with zero attached hydrogens (tertiary/aromatic N) is 1. The Bertz CT molecular complexity index is 305. The van der Waals surface area contributed by atoms with Crippen molar-refractivity contribution in [2.24, 2.45) is 0 Å². The maximum atomic E-state index is 12.8. The van der Waals surface area contributed by atoms with Gasteiger partial charge in [0, 0.05) is 0 Å². The number of rotatable bonds is 1. The van der Waals surface area contributed by atoms with Crippen molar-refractivity contribution < 1.29 is 18.3 Å². The van der Waals surface area contributed by atoms with Crippen LogP contribution in [0.15, 0.2) is 10.7 Å². The van der Waals surface area contributed by atoms with E-state index in [2.05, 4.69) is 20.9 Å². The van der Waals surface area contributed by atoms with Crippen LogP contribution in [0.1, 0.15) is 12.1 Å². The second kappa shape index (κ2) is 3.30. The molecule has 6 heteroatoms. The number of aromatic hydroxyl groups is 1. The number of hydrogen-bond acceptors (Lipinski definition) is 2. The summed E-state index contributed by atoms with van der Waals surface area (Å²) in [6.45, 7) is 0. The first-order chi connectivity index (χ1) is 5.54. The molecule has 1 aromatic heterocycles. The molecule has 0 aromatic carbocycles. The van der Waals surface area contributed by atoms with Gasteiger partial charge in [0.1, 0.15) is 5.69 Å². The van der Waals surface area contributed by atoms with Crippen LogP contribution in [0.2, 0.25) is 0 Å². The minimum Gasteiger partial charge on any atom is -0.505 e. The Balaban J connectivity index is 3.27. The van der Waals surface area contributed by atoms with E-state index < -0.39 is 28.2 Å². The number of pyridine rings is 1. The van der Waals surface area contributed by atoms with Gasteiger partial charge in [-0.1, -0.05) is 0 Å². The summed E-state index contributed by atoms with van der Waals surface area (Å²) in [5.74, 6) is -1.73. The molecule has 0 saturated carbocycles. The topological polar surface area (TPSA) is 33.1 Å². The molecule has 66 valence electrons. The number of halogens is 4. The number of aromatic nitrogens is 1. The van der Waals surface area contributed by atoms with Gasteiger partial charge in [-0.3, -0.25) is 0 Å². The van der Waals surface area contributed by atoms with Gasteiger partial charge in [-0.05, 0) is 15.9 Å². The van der Waals surface area contributed by atoms with Gasteiger partial charge in [0.05, 0.1) is 10.7 Å². The monoisotopic (exact) mass is 241 g/mol. The van der Waals surface area contributed by atoms with Crippen molar-refractivity contribution in [1.82, 2.24) is 4.98 Å². The highest BCUT2D eigenvalue weighted by atomic mass is 79.9. The van der Waals surface area contributed by atoms with Crippen molar-refractivity contribution >= 4 is 15.9 Å². The quantitative estimate of drug-likeness (QED) is 0.820. The Morgan fingerprint density at radius 3 is 2.58 bits per heavy atom. The molecule has 0 saturated heterocycles. The first kappa shape index (κ1) is 9.31. The van der Waals surface area contributed by atoms with Crippen LogP contribution in [0.5, 0.6) is 5.75 Å². The van der Waals surface area contributed by atoms with Crippen molar-refractivity contribution in [1.29, 1.82) is 0 Å². The molecule has 1 rings (SSSR count). The van der Waals surface area contributed by atoms with Crippen molar-refractivity contribution in [2.45, 2.75) is 6.43 Å². The van der Waals surface area contributed by atoms with Gasteiger partial charge in [-0.2, -0.15) is 0 Å². The van der Waals surface area contributed by atoms with Crippen LogP contribution >= 0.6 is 15.9 Å². The van der Waals surface area contributed by atoms with E-state index in [0.717, 1.165) is 6.20 Å². The third kappa shape index (κ3) is 1.52. The molecule has 0 aliphatic carbocycles. The molecular weight excluding hydrogens is 239 g/mol. The van der Waals surface area contributed by atoms with E-state index in [9.17, 15) is 13.2 Å². The first-order valence-electron chi connectivity index (χ1n) is 2.85. The molecule has 0 amide bonds. The normalized spacial score (nSPS) is 10.8. The summed E-state index contributed by atoms with van der Waals surface area (Å²) in [7, 11) is 0. The van der Waals surface area contributed by atoms with Gasteiger partial charge in [0.2, 0.25) is 0 Å². The Labute approximate surface area is 74.2 Å². The molecule has 0 unspecified atom stereocenters.